The van der Waals surface area contributed by atoms with Crippen molar-refractivity contribution in [1.29, 1.82) is 0 Å². The molecule has 0 bridgehead atoms. The largest absolute Gasteiger partial charge is 0.497 e. The van der Waals surface area contributed by atoms with Gasteiger partial charge in [-0.3, -0.25) is 4.79 Å². The van der Waals surface area contributed by atoms with Crippen molar-refractivity contribution in [3.8, 4) is 5.75 Å². The number of amides is 1. The molecule has 132 valence electrons. The molecule has 3 aromatic rings. The van der Waals surface area contributed by atoms with Crippen molar-refractivity contribution in [3.05, 3.63) is 76.8 Å². The summed E-state index contributed by atoms with van der Waals surface area (Å²) in [6.45, 7) is 2.05. The van der Waals surface area contributed by atoms with Crippen LogP contribution in [0, 0.1) is 5.41 Å². The van der Waals surface area contributed by atoms with Crippen LogP contribution in [0.25, 0.3) is 0 Å². The molecule has 0 unspecified atom stereocenters. The van der Waals surface area contributed by atoms with Crippen LogP contribution in [0.4, 0.5) is 5.13 Å². The number of rotatable bonds is 4. The number of nitrogens with one attached hydrogen (secondary N) is 1. The first kappa shape index (κ1) is 16.8. The monoisotopic (exact) mass is 364 g/mol. The van der Waals surface area contributed by atoms with Crippen LogP contribution in [0.3, 0.4) is 0 Å². The average Bonchev–Trinajstić information content (AvgIpc) is 3.27. The van der Waals surface area contributed by atoms with Crippen LogP contribution in [-0.4, -0.2) is 18.0 Å². The maximum atomic E-state index is 13.2. The van der Waals surface area contributed by atoms with Crippen LogP contribution in [-0.2, 0) is 11.2 Å². The van der Waals surface area contributed by atoms with Gasteiger partial charge in [0, 0.05) is 17.5 Å². The number of thiazole rings is 1. The predicted molar refractivity (Wildman–Crippen MR) is 104 cm³/mol. The standard InChI is InChI=1S/C21H20N2O2S/c1-21(19(24)23-20-22-11-12-26-20)13-15-5-3-4-6-17(15)18(21)14-7-9-16(25-2)10-8-14/h3-12,18H,13H2,1-2H3,(H,22,23,24)/t18-,21+/m0/s1. The molecule has 2 aromatic carbocycles. The quantitative estimate of drug-likeness (QED) is 0.742. The Morgan fingerprint density at radius 2 is 2.00 bits per heavy atom. The van der Waals surface area contributed by atoms with Crippen LogP contribution >= 0.6 is 11.3 Å². The van der Waals surface area contributed by atoms with Crippen LogP contribution in [0.15, 0.2) is 60.1 Å². The Morgan fingerprint density at radius 1 is 1.23 bits per heavy atom. The van der Waals surface area contributed by atoms with Gasteiger partial charge in [0.1, 0.15) is 5.75 Å². The van der Waals surface area contributed by atoms with Gasteiger partial charge in [-0.15, -0.1) is 11.3 Å². The second-order valence-corrected chi connectivity index (χ2v) is 7.69. The highest BCUT2D eigenvalue weighted by Gasteiger charge is 2.48. The van der Waals surface area contributed by atoms with E-state index in [2.05, 4.69) is 34.6 Å². The Balaban J connectivity index is 1.75. The van der Waals surface area contributed by atoms with Gasteiger partial charge in [0.2, 0.25) is 5.91 Å². The summed E-state index contributed by atoms with van der Waals surface area (Å²) < 4.78 is 5.28. The van der Waals surface area contributed by atoms with E-state index >= 15 is 0 Å². The van der Waals surface area contributed by atoms with Crippen molar-refractivity contribution in [2.45, 2.75) is 19.3 Å². The molecule has 0 saturated carbocycles. The lowest BCUT2D eigenvalue weighted by molar-refractivity contribution is -0.125. The summed E-state index contributed by atoms with van der Waals surface area (Å²) in [4.78, 5) is 17.4. The molecule has 26 heavy (non-hydrogen) atoms. The minimum absolute atomic E-state index is 0.00414. The van der Waals surface area contributed by atoms with Crippen LogP contribution in [0.5, 0.6) is 5.75 Å². The molecular weight excluding hydrogens is 344 g/mol. The van der Waals surface area contributed by atoms with Gasteiger partial charge >= 0.3 is 0 Å². The van der Waals surface area contributed by atoms with E-state index in [0.717, 1.165) is 11.3 Å². The first-order valence-corrected chi connectivity index (χ1v) is 9.42. The molecule has 0 radical (unpaired) electrons. The Bertz CT molecular complexity index is 921. The number of hydrogen-bond acceptors (Lipinski definition) is 4. The van der Waals surface area contributed by atoms with Gasteiger partial charge < -0.3 is 10.1 Å². The van der Waals surface area contributed by atoms with Gasteiger partial charge in [-0.25, -0.2) is 4.98 Å². The van der Waals surface area contributed by atoms with E-state index in [1.807, 2.05) is 36.6 Å². The maximum absolute atomic E-state index is 13.2. The molecule has 0 saturated heterocycles. The van der Waals surface area contributed by atoms with E-state index in [1.165, 1.54) is 22.5 Å². The fraction of sp³-hybridized carbons (Fsp3) is 0.238. The number of carbonyl (C=O) groups excluding carboxylic acids is 1. The Labute approximate surface area is 156 Å². The third kappa shape index (κ3) is 2.78. The molecule has 4 rings (SSSR count). The molecule has 0 aliphatic heterocycles. The third-order valence-electron chi connectivity index (χ3n) is 5.18. The number of ether oxygens (including phenoxy) is 1. The highest BCUT2D eigenvalue weighted by Crippen LogP contribution is 2.51. The van der Waals surface area contributed by atoms with Gasteiger partial charge in [0.15, 0.2) is 5.13 Å². The third-order valence-corrected chi connectivity index (χ3v) is 5.87. The molecule has 5 heteroatoms. The molecule has 1 amide bonds. The highest BCUT2D eigenvalue weighted by atomic mass is 32.1. The number of nitrogens with zero attached hydrogens (tertiary/aromatic N) is 1. The summed E-state index contributed by atoms with van der Waals surface area (Å²) in [5, 5.41) is 5.51. The number of carbonyl (C=O) groups is 1. The zero-order valence-corrected chi connectivity index (χ0v) is 15.5. The zero-order valence-electron chi connectivity index (χ0n) is 14.7. The Morgan fingerprint density at radius 3 is 2.69 bits per heavy atom. The van der Waals surface area contributed by atoms with Crippen molar-refractivity contribution in [2.75, 3.05) is 12.4 Å². The molecule has 1 aliphatic rings. The lowest BCUT2D eigenvalue weighted by Gasteiger charge is -2.31. The maximum Gasteiger partial charge on any atom is 0.233 e. The predicted octanol–water partition coefficient (Wildman–Crippen LogP) is 4.48. The summed E-state index contributed by atoms with van der Waals surface area (Å²) in [6, 6.07) is 16.3. The van der Waals surface area contributed by atoms with E-state index in [9.17, 15) is 4.79 Å². The lowest BCUT2D eigenvalue weighted by Crippen LogP contribution is -2.37. The average molecular weight is 364 g/mol. The molecule has 1 heterocycles. The molecule has 0 fully saturated rings. The van der Waals surface area contributed by atoms with E-state index in [4.69, 9.17) is 4.74 Å². The first-order chi connectivity index (χ1) is 12.6. The summed E-state index contributed by atoms with van der Waals surface area (Å²) in [5.74, 6) is 0.808. The summed E-state index contributed by atoms with van der Waals surface area (Å²) in [6.07, 6.45) is 2.41. The number of benzene rings is 2. The van der Waals surface area contributed by atoms with Crippen molar-refractivity contribution in [1.82, 2.24) is 4.98 Å². The van der Waals surface area contributed by atoms with E-state index in [1.54, 1.807) is 13.3 Å². The minimum atomic E-state index is -0.579. The van der Waals surface area contributed by atoms with Crippen LogP contribution in [0.1, 0.15) is 29.5 Å². The number of fused-ring (bicyclic) bond motifs is 1. The van der Waals surface area contributed by atoms with Gasteiger partial charge in [0.25, 0.3) is 0 Å². The van der Waals surface area contributed by atoms with Crippen LogP contribution in [0.2, 0.25) is 0 Å². The van der Waals surface area contributed by atoms with Crippen molar-refractivity contribution in [2.24, 2.45) is 5.41 Å². The molecule has 4 nitrogen and oxygen atoms in total. The SMILES string of the molecule is COc1ccc([C@H]2c3ccccc3C[C@@]2(C)C(=O)Nc2nccs2)cc1. The number of hydrogen-bond donors (Lipinski definition) is 1. The van der Waals surface area contributed by atoms with E-state index in [-0.39, 0.29) is 11.8 Å². The molecule has 1 aromatic heterocycles. The molecule has 1 N–H and O–H groups in total. The van der Waals surface area contributed by atoms with Crippen LogP contribution < -0.4 is 10.1 Å². The summed E-state index contributed by atoms with van der Waals surface area (Å²) in [7, 11) is 1.66. The number of methoxy groups -OCH3 is 1. The zero-order chi connectivity index (χ0) is 18.1. The minimum Gasteiger partial charge on any atom is -0.497 e. The topological polar surface area (TPSA) is 51.2 Å². The number of anilines is 1. The van der Waals surface area contributed by atoms with Gasteiger partial charge in [-0.1, -0.05) is 36.4 Å². The smallest absolute Gasteiger partial charge is 0.233 e. The number of aromatic nitrogens is 1. The summed E-state index contributed by atoms with van der Waals surface area (Å²) >= 11 is 1.44. The first-order valence-electron chi connectivity index (χ1n) is 8.54. The fourth-order valence-corrected chi connectivity index (χ4v) is 4.42. The lowest BCUT2D eigenvalue weighted by atomic mass is 9.73. The van der Waals surface area contributed by atoms with Gasteiger partial charge in [-0.2, -0.15) is 0 Å². The molecule has 2 atom stereocenters. The van der Waals surface area contributed by atoms with Gasteiger partial charge in [-0.05, 0) is 42.2 Å². The highest BCUT2D eigenvalue weighted by molar-refractivity contribution is 7.13. The normalized spacial score (nSPS) is 21.2. The Hall–Kier alpha value is -2.66. The summed E-state index contributed by atoms with van der Waals surface area (Å²) in [5.41, 5.74) is 2.98. The van der Waals surface area contributed by atoms with Crippen molar-refractivity contribution in [3.63, 3.8) is 0 Å². The van der Waals surface area contributed by atoms with E-state index < -0.39 is 5.41 Å². The second-order valence-electron chi connectivity index (χ2n) is 6.79. The van der Waals surface area contributed by atoms with Crippen molar-refractivity contribution < 1.29 is 9.53 Å². The Kier molecular flexibility index (Phi) is 4.24. The fourth-order valence-electron chi connectivity index (χ4n) is 3.90. The molecular formula is C21H20N2O2S. The van der Waals surface area contributed by atoms with E-state index in [0.29, 0.717) is 11.6 Å². The molecule has 0 spiro atoms. The molecule has 1 aliphatic carbocycles. The van der Waals surface area contributed by atoms with Crippen molar-refractivity contribution >= 4 is 22.4 Å². The van der Waals surface area contributed by atoms with Gasteiger partial charge in [0.05, 0.1) is 12.5 Å². The second kappa shape index (κ2) is 6.57.